The maximum atomic E-state index is 12.0. The van der Waals surface area contributed by atoms with Crippen LogP contribution in [0.4, 0.5) is 0 Å². The molecule has 0 aliphatic heterocycles. The molecule has 3 heteroatoms. The summed E-state index contributed by atoms with van der Waals surface area (Å²) in [6, 6.07) is 9.14. The lowest BCUT2D eigenvalue weighted by Gasteiger charge is -2.26. The Bertz CT molecular complexity index is 337. The van der Waals surface area contributed by atoms with Crippen LogP contribution in [0.2, 0.25) is 0 Å². The molecule has 2 N–H and O–H groups in total. The average Bonchev–Trinajstić information content (AvgIpc) is 2.36. The molecule has 1 aromatic carbocycles. The van der Waals surface area contributed by atoms with Crippen LogP contribution in [-0.2, 0) is 4.79 Å². The van der Waals surface area contributed by atoms with Crippen LogP contribution in [0.3, 0.4) is 0 Å². The number of hydrogen-bond donors (Lipinski definition) is 1. The summed E-state index contributed by atoms with van der Waals surface area (Å²) < 4.78 is 0. The maximum absolute atomic E-state index is 12.0. The first-order valence-electron chi connectivity index (χ1n) is 5.65. The van der Waals surface area contributed by atoms with Gasteiger partial charge in [0.05, 0.1) is 0 Å². The third kappa shape index (κ3) is 2.83. The van der Waals surface area contributed by atoms with Gasteiger partial charge < -0.3 is 10.6 Å². The molecule has 1 unspecified atom stereocenters. The lowest BCUT2D eigenvalue weighted by Crippen LogP contribution is -2.40. The number of amides is 1. The van der Waals surface area contributed by atoms with Gasteiger partial charge in [0.2, 0.25) is 5.91 Å². The van der Waals surface area contributed by atoms with E-state index in [4.69, 9.17) is 5.73 Å². The van der Waals surface area contributed by atoms with Crippen molar-refractivity contribution in [1.82, 2.24) is 4.90 Å². The number of nitrogens with two attached hydrogens (primary N) is 1. The van der Waals surface area contributed by atoms with Gasteiger partial charge in [0.1, 0.15) is 6.04 Å². The van der Waals surface area contributed by atoms with Crippen molar-refractivity contribution in [3.05, 3.63) is 35.9 Å². The number of carbonyl (C=O) groups excluding carboxylic acids is 1. The van der Waals surface area contributed by atoms with Crippen molar-refractivity contribution in [2.24, 2.45) is 5.73 Å². The summed E-state index contributed by atoms with van der Waals surface area (Å²) in [7, 11) is 1.80. The number of hydrogen-bond acceptors (Lipinski definition) is 2. The highest BCUT2D eigenvalue weighted by molar-refractivity contribution is 5.83. The van der Waals surface area contributed by atoms with Crippen molar-refractivity contribution in [3.63, 3.8) is 0 Å². The minimum Gasteiger partial charge on any atom is -0.341 e. The number of carbonyl (C=O) groups is 1. The summed E-state index contributed by atoms with van der Waals surface area (Å²) in [6.45, 7) is 4.08. The summed E-state index contributed by atoms with van der Waals surface area (Å²) in [5.41, 5.74) is 6.80. The van der Waals surface area contributed by atoms with Crippen LogP contribution < -0.4 is 5.73 Å². The molecule has 3 nitrogen and oxygen atoms in total. The molecule has 0 radical (unpaired) electrons. The zero-order valence-electron chi connectivity index (χ0n) is 10.2. The van der Waals surface area contributed by atoms with Crippen molar-refractivity contribution in [2.45, 2.75) is 32.4 Å². The fourth-order valence-electron chi connectivity index (χ4n) is 1.51. The molecule has 0 fully saturated rings. The fraction of sp³-hybridized carbons (Fsp3) is 0.462. The molecule has 0 aromatic heterocycles. The Morgan fingerprint density at radius 3 is 2.44 bits per heavy atom. The van der Waals surface area contributed by atoms with Crippen LogP contribution in [0.1, 0.15) is 31.9 Å². The second-order valence-electron chi connectivity index (χ2n) is 4.09. The van der Waals surface area contributed by atoms with Crippen LogP contribution in [0, 0.1) is 0 Å². The molecule has 16 heavy (non-hydrogen) atoms. The zero-order valence-corrected chi connectivity index (χ0v) is 10.2. The van der Waals surface area contributed by atoms with Gasteiger partial charge in [-0.2, -0.15) is 0 Å². The van der Waals surface area contributed by atoms with Crippen LogP contribution in [-0.4, -0.2) is 23.9 Å². The molecule has 1 amide bonds. The van der Waals surface area contributed by atoms with Crippen molar-refractivity contribution in [3.8, 4) is 0 Å². The first-order valence-corrected chi connectivity index (χ1v) is 5.65. The predicted molar refractivity (Wildman–Crippen MR) is 65.9 cm³/mol. The molecule has 0 aliphatic carbocycles. The first kappa shape index (κ1) is 12.7. The Hall–Kier alpha value is -1.35. The normalized spacial score (nSPS) is 14.2. The SMILES string of the molecule is CCC(C)N(C)C(=O)[C@@H](N)c1ccccc1. The topological polar surface area (TPSA) is 46.3 Å². The lowest BCUT2D eigenvalue weighted by molar-refractivity contribution is -0.133. The fourth-order valence-corrected chi connectivity index (χ4v) is 1.51. The third-order valence-electron chi connectivity index (χ3n) is 3.02. The van der Waals surface area contributed by atoms with Gasteiger partial charge in [-0.15, -0.1) is 0 Å². The largest absolute Gasteiger partial charge is 0.341 e. The van der Waals surface area contributed by atoms with E-state index in [9.17, 15) is 4.79 Å². The van der Waals surface area contributed by atoms with Crippen LogP contribution >= 0.6 is 0 Å². The van der Waals surface area contributed by atoms with Crippen LogP contribution in [0.15, 0.2) is 30.3 Å². The Balaban J connectivity index is 2.75. The Morgan fingerprint density at radius 2 is 1.94 bits per heavy atom. The van der Waals surface area contributed by atoms with Crippen LogP contribution in [0.25, 0.3) is 0 Å². The monoisotopic (exact) mass is 220 g/mol. The second-order valence-corrected chi connectivity index (χ2v) is 4.09. The van der Waals surface area contributed by atoms with Gasteiger partial charge in [-0.1, -0.05) is 37.3 Å². The second kappa shape index (κ2) is 5.66. The number of rotatable bonds is 4. The molecule has 0 spiro atoms. The molecular formula is C13H20N2O. The van der Waals surface area contributed by atoms with Crippen molar-refractivity contribution >= 4 is 5.91 Å². The zero-order chi connectivity index (χ0) is 12.1. The molecule has 88 valence electrons. The van der Waals surface area contributed by atoms with E-state index in [1.165, 1.54) is 0 Å². The standard InChI is InChI=1S/C13H20N2O/c1-4-10(2)15(3)13(16)12(14)11-8-6-5-7-9-11/h5-10,12H,4,14H2,1-3H3/t10?,12-/m0/s1. The molecule has 0 aliphatic rings. The number of benzene rings is 1. The Kier molecular flexibility index (Phi) is 4.50. The van der Waals surface area contributed by atoms with E-state index in [-0.39, 0.29) is 11.9 Å². The van der Waals surface area contributed by atoms with Gasteiger partial charge in [0.25, 0.3) is 0 Å². The predicted octanol–water partition coefficient (Wildman–Crippen LogP) is 1.94. The maximum Gasteiger partial charge on any atom is 0.244 e. The quantitative estimate of drug-likeness (QED) is 0.843. The minimum atomic E-state index is -0.555. The van der Waals surface area contributed by atoms with Crippen molar-refractivity contribution < 1.29 is 4.79 Å². The van der Waals surface area contributed by atoms with E-state index in [2.05, 4.69) is 6.92 Å². The van der Waals surface area contributed by atoms with E-state index in [1.807, 2.05) is 37.3 Å². The molecule has 1 rings (SSSR count). The first-order chi connectivity index (χ1) is 7.57. The Morgan fingerprint density at radius 1 is 1.38 bits per heavy atom. The molecular weight excluding hydrogens is 200 g/mol. The van der Waals surface area contributed by atoms with Gasteiger partial charge in [-0.3, -0.25) is 4.79 Å². The van der Waals surface area contributed by atoms with Crippen LogP contribution in [0.5, 0.6) is 0 Å². The van der Waals surface area contributed by atoms with Gasteiger partial charge in [0.15, 0.2) is 0 Å². The van der Waals surface area contributed by atoms with Crippen molar-refractivity contribution in [1.29, 1.82) is 0 Å². The summed E-state index contributed by atoms with van der Waals surface area (Å²) in [6.07, 6.45) is 0.934. The molecule has 0 heterocycles. The summed E-state index contributed by atoms with van der Waals surface area (Å²) in [5.74, 6) is -0.0273. The molecule has 0 bridgehead atoms. The van der Waals surface area contributed by atoms with E-state index < -0.39 is 6.04 Å². The van der Waals surface area contributed by atoms with E-state index >= 15 is 0 Å². The molecule has 2 atom stereocenters. The molecule has 0 saturated carbocycles. The lowest BCUT2D eigenvalue weighted by atomic mass is 10.1. The van der Waals surface area contributed by atoms with Gasteiger partial charge >= 0.3 is 0 Å². The van der Waals surface area contributed by atoms with Gasteiger partial charge in [-0.05, 0) is 18.9 Å². The van der Waals surface area contributed by atoms with E-state index in [1.54, 1.807) is 11.9 Å². The van der Waals surface area contributed by atoms with Gasteiger partial charge in [-0.25, -0.2) is 0 Å². The highest BCUT2D eigenvalue weighted by atomic mass is 16.2. The summed E-state index contributed by atoms with van der Waals surface area (Å²) in [4.78, 5) is 13.8. The highest BCUT2D eigenvalue weighted by Gasteiger charge is 2.22. The summed E-state index contributed by atoms with van der Waals surface area (Å²) >= 11 is 0. The number of nitrogens with zero attached hydrogens (tertiary/aromatic N) is 1. The highest BCUT2D eigenvalue weighted by Crippen LogP contribution is 2.14. The number of likely N-dealkylation sites (N-methyl/N-ethyl adjacent to an activating group) is 1. The Labute approximate surface area is 97.2 Å². The summed E-state index contributed by atoms with van der Waals surface area (Å²) in [5, 5.41) is 0. The van der Waals surface area contributed by atoms with E-state index in [0.29, 0.717) is 0 Å². The van der Waals surface area contributed by atoms with Gasteiger partial charge in [0, 0.05) is 13.1 Å². The molecule has 1 aromatic rings. The van der Waals surface area contributed by atoms with Crippen molar-refractivity contribution in [2.75, 3.05) is 7.05 Å². The molecule has 0 saturated heterocycles. The average molecular weight is 220 g/mol. The smallest absolute Gasteiger partial charge is 0.244 e. The third-order valence-corrected chi connectivity index (χ3v) is 3.02. The van der Waals surface area contributed by atoms with E-state index in [0.717, 1.165) is 12.0 Å². The minimum absolute atomic E-state index is 0.0273.